The summed E-state index contributed by atoms with van der Waals surface area (Å²) >= 11 is 0. The Hall–Kier alpha value is -1.18. The van der Waals surface area contributed by atoms with Gasteiger partial charge in [0, 0.05) is 5.56 Å². The number of benzene rings is 1. The van der Waals surface area contributed by atoms with Crippen LogP contribution in [-0.4, -0.2) is 11.2 Å². The molecular weight excluding hydrogens is 272 g/mol. The van der Waals surface area contributed by atoms with Gasteiger partial charge in [-0.3, -0.25) is 0 Å². The Balaban J connectivity index is 3.36. The van der Waals surface area contributed by atoms with E-state index in [-0.39, 0.29) is 16.9 Å². The fourth-order valence-electron chi connectivity index (χ4n) is 2.55. The third kappa shape index (κ3) is 4.66. The average molecular weight is 306 g/mol. The molecule has 1 N–H and O–H groups in total. The molecule has 0 fully saturated rings. The van der Waals surface area contributed by atoms with Crippen molar-refractivity contribution in [2.45, 2.75) is 91.6 Å². The molecule has 0 saturated heterocycles. The Morgan fingerprint density at radius 2 is 1.59 bits per heavy atom. The van der Waals surface area contributed by atoms with E-state index in [1.165, 1.54) is 5.56 Å². The van der Waals surface area contributed by atoms with Crippen molar-refractivity contribution in [1.29, 1.82) is 0 Å². The fraction of sp³-hybridized carbons (Fsp3) is 0.700. The quantitative estimate of drug-likeness (QED) is 0.729. The van der Waals surface area contributed by atoms with Gasteiger partial charge in [0.1, 0.15) is 0 Å². The van der Waals surface area contributed by atoms with E-state index < -0.39 is 0 Å². The summed E-state index contributed by atoms with van der Waals surface area (Å²) in [4.78, 5) is 0. The van der Waals surface area contributed by atoms with Crippen molar-refractivity contribution < 1.29 is 9.84 Å². The summed E-state index contributed by atoms with van der Waals surface area (Å²) in [6.07, 6.45) is 3.22. The van der Waals surface area contributed by atoms with Crippen LogP contribution in [0.15, 0.2) is 12.1 Å². The largest absolute Gasteiger partial charge is 0.504 e. The first-order valence-corrected chi connectivity index (χ1v) is 8.55. The van der Waals surface area contributed by atoms with E-state index in [0.717, 1.165) is 24.8 Å². The van der Waals surface area contributed by atoms with Crippen LogP contribution in [-0.2, 0) is 10.8 Å². The van der Waals surface area contributed by atoms with E-state index in [9.17, 15) is 5.11 Å². The zero-order chi connectivity index (χ0) is 17.1. The smallest absolute Gasteiger partial charge is 0.161 e. The SMILES string of the molecule is CCCC(CC)Oc1cc(C(C)(C)C)cc(C(C)(C)C)c1O. The zero-order valence-corrected chi connectivity index (χ0v) is 15.7. The second-order valence-electron chi connectivity index (χ2n) is 8.31. The van der Waals surface area contributed by atoms with Crippen molar-refractivity contribution in [1.82, 2.24) is 0 Å². The van der Waals surface area contributed by atoms with E-state index in [4.69, 9.17) is 4.74 Å². The van der Waals surface area contributed by atoms with Crippen LogP contribution in [0, 0.1) is 0 Å². The molecule has 0 aliphatic carbocycles. The van der Waals surface area contributed by atoms with Crippen LogP contribution in [0.4, 0.5) is 0 Å². The van der Waals surface area contributed by atoms with E-state index in [2.05, 4.69) is 61.5 Å². The second kappa shape index (κ2) is 6.93. The van der Waals surface area contributed by atoms with Crippen LogP contribution < -0.4 is 4.74 Å². The van der Waals surface area contributed by atoms with Crippen LogP contribution in [0.3, 0.4) is 0 Å². The van der Waals surface area contributed by atoms with Crippen molar-refractivity contribution >= 4 is 0 Å². The molecule has 2 heteroatoms. The molecule has 0 aromatic heterocycles. The number of rotatable bonds is 5. The van der Waals surface area contributed by atoms with Gasteiger partial charge in [-0.15, -0.1) is 0 Å². The molecule has 22 heavy (non-hydrogen) atoms. The third-order valence-corrected chi connectivity index (χ3v) is 4.11. The van der Waals surface area contributed by atoms with Gasteiger partial charge in [-0.25, -0.2) is 0 Å². The summed E-state index contributed by atoms with van der Waals surface area (Å²) in [5, 5.41) is 10.7. The molecule has 0 amide bonds. The predicted molar refractivity (Wildman–Crippen MR) is 95.1 cm³/mol. The molecule has 0 bridgehead atoms. The normalized spacial score (nSPS) is 14.0. The lowest BCUT2D eigenvalue weighted by atomic mass is 9.80. The topological polar surface area (TPSA) is 29.5 Å². The number of hydrogen-bond donors (Lipinski definition) is 1. The van der Waals surface area contributed by atoms with Crippen LogP contribution in [0.1, 0.15) is 85.8 Å². The van der Waals surface area contributed by atoms with Crippen LogP contribution >= 0.6 is 0 Å². The predicted octanol–water partition coefficient (Wildman–Crippen LogP) is 5.94. The van der Waals surface area contributed by atoms with Crippen LogP contribution in [0.5, 0.6) is 11.5 Å². The molecule has 126 valence electrons. The van der Waals surface area contributed by atoms with Crippen molar-refractivity contribution in [3.05, 3.63) is 23.3 Å². The summed E-state index contributed by atoms with van der Waals surface area (Å²) in [6, 6.07) is 4.14. The minimum atomic E-state index is -0.115. The Bertz CT molecular complexity index is 490. The summed E-state index contributed by atoms with van der Waals surface area (Å²) in [5.74, 6) is 0.938. The monoisotopic (exact) mass is 306 g/mol. The number of phenolic OH excluding ortho intramolecular Hbond substituents is 1. The van der Waals surface area contributed by atoms with Gasteiger partial charge < -0.3 is 9.84 Å². The number of ether oxygens (including phenoxy) is 1. The van der Waals surface area contributed by atoms with Gasteiger partial charge in [0.25, 0.3) is 0 Å². The number of phenols is 1. The van der Waals surface area contributed by atoms with Crippen molar-refractivity contribution in [2.24, 2.45) is 0 Å². The minimum absolute atomic E-state index is 0.0261. The third-order valence-electron chi connectivity index (χ3n) is 4.11. The summed E-state index contributed by atoms with van der Waals surface area (Å²) in [5.41, 5.74) is 2.08. The van der Waals surface area contributed by atoms with Crippen molar-refractivity contribution in [2.75, 3.05) is 0 Å². The summed E-state index contributed by atoms with van der Waals surface area (Å²) in [6.45, 7) is 17.3. The van der Waals surface area contributed by atoms with Crippen LogP contribution in [0.25, 0.3) is 0 Å². The lowest BCUT2D eigenvalue weighted by Gasteiger charge is -2.28. The molecular formula is C20H34O2. The van der Waals surface area contributed by atoms with Crippen molar-refractivity contribution in [3.8, 4) is 11.5 Å². The summed E-state index contributed by atoms with van der Waals surface area (Å²) in [7, 11) is 0. The maximum Gasteiger partial charge on any atom is 0.161 e. The first kappa shape index (κ1) is 18.9. The highest BCUT2D eigenvalue weighted by atomic mass is 16.5. The fourth-order valence-corrected chi connectivity index (χ4v) is 2.55. The second-order valence-corrected chi connectivity index (χ2v) is 8.31. The van der Waals surface area contributed by atoms with Gasteiger partial charge in [0.05, 0.1) is 6.10 Å². The zero-order valence-electron chi connectivity index (χ0n) is 15.7. The summed E-state index contributed by atoms with van der Waals surface area (Å²) < 4.78 is 6.16. The minimum Gasteiger partial charge on any atom is -0.504 e. The van der Waals surface area contributed by atoms with E-state index in [1.807, 2.05) is 6.07 Å². The van der Waals surface area contributed by atoms with E-state index in [1.54, 1.807) is 0 Å². The Morgan fingerprint density at radius 3 is 2.00 bits per heavy atom. The Morgan fingerprint density at radius 1 is 1.00 bits per heavy atom. The molecule has 0 heterocycles. The maximum atomic E-state index is 10.7. The van der Waals surface area contributed by atoms with Gasteiger partial charge >= 0.3 is 0 Å². The van der Waals surface area contributed by atoms with Gasteiger partial charge in [-0.05, 0) is 35.3 Å². The van der Waals surface area contributed by atoms with Gasteiger partial charge in [-0.2, -0.15) is 0 Å². The first-order valence-electron chi connectivity index (χ1n) is 8.55. The molecule has 1 rings (SSSR count). The van der Waals surface area contributed by atoms with Gasteiger partial charge in [0.2, 0.25) is 0 Å². The molecule has 0 radical (unpaired) electrons. The Kier molecular flexibility index (Phi) is 5.95. The standard InChI is InChI=1S/C20H34O2/c1-9-11-15(10-2)22-17-13-14(19(3,4)5)12-16(18(17)21)20(6,7)8/h12-13,15,21H,9-11H2,1-8H3. The number of aromatic hydroxyl groups is 1. The molecule has 1 aromatic carbocycles. The van der Waals surface area contributed by atoms with E-state index in [0.29, 0.717) is 11.5 Å². The molecule has 1 aromatic rings. The molecule has 2 nitrogen and oxygen atoms in total. The molecule has 0 spiro atoms. The lowest BCUT2D eigenvalue weighted by molar-refractivity contribution is 0.178. The van der Waals surface area contributed by atoms with Gasteiger partial charge in [-0.1, -0.05) is 67.9 Å². The average Bonchev–Trinajstić information content (AvgIpc) is 2.37. The molecule has 0 saturated carbocycles. The first-order chi connectivity index (χ1) is 10.0. The Labute approximate surface area is 136 Å². The van der Waals surface area contributed by atoms with Gasteiger partial charge in [0.15, 0.2) is 11.5 Å². The van der Waals surface area contributed by atoms with E-state index >= 15 is 0 Å². The molecule has 1 unspecified atom stereocenters. The number of hydrogen-bond acceptors (Lipinski definition) is 2. The lowest BCUT2D eigenvalue weighted by Crippen LogP contribution is -2.19. The van der Waals surface area contributed by atoms with Crippen LogP contribution in [0.2, 0.25) is 0 Å². The molecule has 1 atom stereocenters. The highest BCUT2D eigenvalue weighted by Gasteiger charge is 2.26. The maximum absolute atomic E-state index is 10.7. The molecule has 0 aliphatic rings. The van der Waals surface area contributed by atoms with Crippen molar-refractivity contribution in [3.63, 3.8) is 0 Å². The highest BCUT2D eigenvalue weighted by molar-refractivity contribution is 5.52. The highest BCUT2D eigenvalue weighted by Crippen LogP contribution is 2.42. The molecule has 0 aliphatic heterocycles.